The molecule has 0 aliphatic rings. The van der Waals surface area contributed by atoms with Crippen molar-refractivity contribution in [3.63, 3.8) is 0 Å². The molecule has 0 atom stereocenters. The van der Waals surface area contributed by atoms with Crippen LogP contribution in [0.2, 0.25) is 0 Å². The van der Waals surface area contributed by atoms with Gasteiger partial charge in [-0.25, -0.2) is 0 Å². The molecule has 0 saturated heterocycles. The lowest BCUT2D eigenvalue weighted by atomic mass is 10.2. The number of hydrogen-bond donors (Lipinski definition) is 2. The molecule has 82 valence electrons. The van der Waals surface area contributed by atoms with E-state index in [4.69, 9.17) is 0 Å². The molecule has 0 aliphatic heterocycles. The van der Waals surface area contributed by atoms with Gasteiger partial charge in [-0.15, -0.1) is 12.6 Å². The Morgan fingerprint density at radius 1 is 1.38 bits per heavy atom. The quantitative estimate of drug-likeness (QED) is 0.625. The third-order valence-corrected chi connectivity index (χ3v) is 3.34. The summed E-state index contributed by atoms with van der Waals surface area (Å²) in [5, 5.41) is 0.561. The number of rotatable bonds is 2. The largest absolute Gasteiger partial charge is 0.307 e. The molecule has 16 heavy (non-hydrogen) atoms. The first kappa shape index (κ1) is 11.2. The topological polar surface area (TPSA) is 45.2 Å². The number of H-pyrrole nitrogens is 1. The summed E-state index contributed by atoms with van der Waals surface area (Å²) in [6, 6.07) is 7.85. The van der Waals surface area contributed by atoms with Crippen LogP contribution in [0, 0.1) is 6.92 Å². The molecule has 1 N–H and O–H groups in total. The lowest BCUT2D eigenvalue weighted by molar-refractivity contribution is 1.16. The average Bonchev–Trinajstić information content (AvgIpc) is 2.57. The highest BCUT2D eigenvalue weighted by atomic mass is 32.1. The number of nitrogens with one attached hydrogen (secondary N) is 1. The van der Waals surface area contributed by atoms with Crippen molar-refractivity contribution in [2.24, 2.45) is 4.99 Å². The van der Waals surface area contributed by atoms with Crippen LogP contribution >= 0.6 is 24.0 Å². The van der Waals surface area contributed by atoms with Gasteiger partial charge in [-0.1, -0.05) is 29.0 Å². The lowest BCUT2D eigenvalue weighted by Gasteiger charge is -1.93. The van der Waals surface area contributed by atoms with Crippen molar-refractivity contribution in [1.29, 1.82) is 0 Å². The maximum absolute atomic E-state index is 11.0. The summed E-state index contributed by atoms with van der Waals surface area (Å²) < 4.78 is 0. The van der Waals surface area contributed by atoms with Crippen LogP contribution in [0.15, 0.2) is 39.1 Å². The Labute approximate surface area is 102 Å². The van der Waals surface area contributed by atoms with Gasteiger partial charge in [0.2, 0.25) is 0 Å². The third-order valence-electron chi connectivity index (χ3n) is 2.02. The summed E-state index contributed by atoms with van der Waals surface area (Å²) in [5.74, 6) is 0. The zero-order valence-electron chi connectivity index (χ0n) is 8.60. The monoisotopic (exact) mass is 250 g/mol. The molecule has 2 aromatic rings. The number of aryl methyl sites for hydroxylation is 1. The number of aliphatic imine (C=N–C) groups is 1. The van der Waals surface area contributed by atoms with E-state index < -0.39 is 0 Å². The number of thiol groups is 1. The van der Waals surface area contributed by atoms with E-state index in [1.54, 1.807) is 6.21 Å². The molecule has 0 aliphatic carbocycles. The first-order valence-electron chi connectivity index (χ1n) is 4.68. The first-order valence-corrected chi connectivity index (χ1v) is 5.94. The summed E-state index contributed by atoms with van der Waals surface area (Å²) in [7, 11) is 0. The maximum Gasteiger partial charge on any atom is 0.305 e. The highest BCUT2D eigenvalue weighted by Gasteiger charge is 2.00. The second-order valence-corrected chi connectivity index (χ2v) is 4.78. The Morgan fingerprint density at radius 3 is 2.62 bits per heavy atom. The SMILES string of the molecule is Cc1ccc(N=Cc2sc(=O)[nH]c2S)cc1. The summed E-state index contributed by atoms with van der Waals surface area (Å²) in [6.45, 7) is 2.03. The van der Waals surface area contributed by atoms with Crippen LogP contribution in [0.3, 0.4) is 0 Å². The number of thiazole rings is 1. The predicted molar refractivity (Wildman–Crippen MR) is 70.6 cm³/mol. The number of aromatic amines is 1. The molecule has 0 unspecified atom stereocenters. The van der Waals surface area contributed by atoms with Gasteiger partial charge in [0.05, 0.1) is 15.6 Å². The van der Waals surface area contributed by atoms with Crippen molar-refractivity contribution in [2.45, 2.75) is 11.9 Å². The van der Waals surface area contributed by atoms with Gasteiger partial charge in [0.25, 0.3) is 0 Å². The predicted octanol–water partition coefficient (Wildman–Crippen LogP) is 2.78. The molecule has 2 rings (SSSR count). The molecule has 0 spiro atoms. The normalized spacial score (nSPS) is 11.1. The van der Waals surface area contributed by atoms with Gasteiger partial charge in [-0.3, -0.25) is 9.79 Å². The molecule has 1 aromatic carbocycles. The van der Waals surface area contributed by atoms with Crippen LogP contribution in [0.5, 0.6) is 0 Å². The van der Waals surface area contributed by atoms with Gasteiger partial charge in [-0.2, -0.15) is 0 Å². The minimum Gasteiger partial charge on any atom is -0.307 e. The van der Waals surface area contributed by atoms with Gasteiger partial charge in [0.15, 0.2) is 0 Å². The van der Waals surface area contributed by atoms with E-state index in [1.165, 1.54) is 5.56 Å². The lowest BCUT2D eigenvalue weighted by Crippen LogP contribution is -1.89. The molecule has 1 heterocycles. The summed E-state index contributed by atoms with van der Waals surface area (Å²) >= 11 is 5.25. The van der Waals surface area contributed by atoms with Crippen LogP contribution in [-0.4, -0.2) is 11.2 Å². The fourth-order valence-electron chi connectivity index (χ4n) is 1.18. The van der Waals surface area contributed by atoms with Crippen molar-refractivity contribution in [2.75, 3.05) is 0 Å². The number of benzene rings is 1. The zero-order chi connectivity index (χ0) is 11.5. The molecule has 1 aromatic heterocycles. The van der Waals surface area contributed by atoms with E-state index in [2.05, 4.69) is 22.6 Å². The molecule has 0 saturated carbocycles. The highest BCUT2D eigenvalue weighted by Crippen LogP contribution is 2.15. The molecule has 3 nitrogen and oxygen atoms in total. The van der Waals surface area contributed by atoms with Crippen molar-refractivity contribution >= 4 is 35.9 Å². The Kier molecular flexibility index (Phi) is 3.26. The molecule has 5 heteroatoms. The smallest absolute Gasteiger partial charge is 0.305 e. The fraction of sp³-hybridized carbons (Fsp3) is 0.0909. The number of hydrogen-bond acceptors (Lipinski definition) is 4. The van der Waals surface area contributed by atoms with Crippen LogP contribution < -0.4 is 4.87 Å². The molecule has 0 amide bonds. The minimum absolute atomic E-state index is 0.115. The summed E-state index contributed by atoms with van der Waals surface area (Å²) in [6.07, 6.45) is 1.65. The Bertz CT molecular complexity index is 566. The van der Waals surface area contributed by atoms with Gasteiger partial charge < -0.3 is 4.98 Å². The summed E-state index contributed by atoms with van der Waals surface area (Å²) in [4.78, 5) is 18.5. The maximum atomic E-state index is 11.0. The van der Waals surface area contributed by atoms with Crippen LogP contribution in [0.25, 0.3) is 0 Å². The first-order chi connectivity index (χ1) is 7.65. The zero-order valence-corrected chi connectivity index (χ0v) is 10.3. The summed E-state index contributed by atoms with van der Waals surface area (Å²) in [5.41, 5.74) is 2.05. The Morgan fingerprint density at radius 2 is 2.06 bits per heavy atom. The van der Waals surface area contributed by atoms with Crippen LogP contribution in [-0.2, 0) is 0 Å². The number of aromatic nitrogens is 1. The van der Waals surface area contributed by atoms with Gasteiger partial charge in [0.1, 0.15) is 0 Å². The molecule has 0 bridgehead atoms. The van der Waals surface area contributed by atoms with Crippen molar-refractivity contribution in [1.82, 2.24) is 4.98 Å². The van der Waals surface area contributed by atoms with Gasteiger partial charge in [0, 0.05) is 6.21 Å². The van der Waals surface area contributed by atoms with Gasteiger partial charge >= 0.3 is 4.87 Å². The van der Waals surface area contributed by atoms with E-state index in [0.29, 0.717) is 5.03 Å². The highest BCUT2D eigenvalue weighted by molar-refractivity contribution is 7.80. The Hall–Kier alpha value is -1.33. The van der Waals surface area contributed by atoms with Crippen LogP contribution in [0.1, 0.15) is 10.4 Å². The second kappa shape index (κ2) is 4.67. The second-order valence-electron chi connectivity index (χ2n) is 3.32. The van der Waals surface area contributed by atoms with Crippen molar-refractivity contribution < 1.29 is 0 Å². The molecular weight excluding hydrogens is 240 g/mol. The van der Waals surface area contributed by atoms with E-state index in [9.17, 15) is 4.79 Å². The van der Waals surface area contributed by atoms with E-state index in [0.717, 1.165) is 21.9 Å². The fourth-order valence-corrected chi connectivity index (χ4v) is 2.16. The van der Waals surface area contributed by atoms with Crippen molar-refractivity contribution in [3.05, 3.63) is 44.4 Å². The van der Waals surface area contributed by atoms with Gasteiger partial charge in [-0.05, 0) is 19.1 Å². The van der Waals surface area contributed by atoms with Crippen molar-refractivity contribution in [3.8, 4) is 0 Å². The number of nitrogens with zero attached hydrogens (tertiary/aromatic N) is 1. The molecule has 0 fully saturated rings. The Balaban J connectivity index is 2.24. The van der Waals surface area contributed by atoms with E-state index in [-0.39, 0.29) is 4.87 Å². The molecule has 0 radical (unpaired) electrons. The molecular formula is C11H10N2OS2. The minimum atomic E-state index is -0.115. The van der Waals surface area contributed by atoms with E-state index >= 15 is 0 Å². The third kappa shape index (κ3) is 2.62. The average molecular weight is 250 g/mol. The van der Waals surface area contributed by atoms with Crippen LogP contribution in [0.4, 0.5) is 5.69 Å². The standard InChI is InChI=1S/C11H10N2OS2/c1-7-2-4-8(5-3-7)12-6-9-10(15)13-11(14)16-9/h2-6,15H,1H3,(H,13,14). The van der Waals surface area contributed by atoms with E-state index in [1.807, 2.05) is 31.2 Å².